The Kier molecular flexibility index (Phi) is 3.45. The van der Waals surface area contributed by atoms with Crippen molar-refractivity contribution in [2.24, 2.45) is 11.8 Å². The summed E-state index contributed by atoms with van der Waals surface area (Å²) in [6.45, 7) is 6.46. The number of hydrogen-bond donors (Lipinski definition) is 2. The number of piperidine rings is 1. The van der Waals surface area contributed by atoms with Crippen LogP contribution in [0, 0.1) is 11.8 Å². The fourth-order valence-corrected chi connectivity index (χ4v) is 2.84. The average molecular weight is 248 g/mol. The van der Waals surface area contributed by atoms with Crippen molar-refractivity contribution in [3.05, 3.63) is 23.8 Å². The van der Waals surface area contributed by atoms with Crippen molar-refractivity contribution < 1.29 is 9.90 Å². The van der Waals surface area contributed by atoms with Gasteiger partial charge in [-0.25, -0.2) is 4.79 Å². The van der Waals surface area contributed by atoms with Crippen molar-refractivity contribution in [2.45, 2.75) is 20.3 Å². The standard InChI is InChI=1S/C14H20N2O2/c1-9-5-10(2)8-16(7-9)13-4-3-11(14(17)18)6-12(13)15/h3-4,6,9-10H,5,7-8,15H2,1-2H3,(H,17,18). The number of nitrogens with zero attached hydrogens (tertiary/aromatic N) is 1. The van der Waals surface area contributed by atoms with E-state index >= 15 is 0 Å². The van der Waals surface area contributed by atoms with Crippen molar-refractivity contribution in [1.29, 1.82) is 0 Å². The molecule has 1 aromatic carbocycles. The SMILES string of the molecule is CC1CC(C)CN(c2ccc(C(=O)O)cc2N)C1. The van der Waals surface area contributed by atoms with Gasteiger partial charge in [0.25, 0.3) is 0 Å². The molecule has 3 N–H and O–H groups in total. The molecule has 0 aromatic heterocycles. The number of anilines is 2. The average Bonchev–Trinajstić information content (AvgIpc) is 2.27. The highest BCUT2D eigenvalue weighted by atomic mass is 16.4. The van der Waals surface area contributed by atoms with Crippen LogP contribution in [-0.4, -0.2) is 24.2 Å². The van der Waals surface area contributed by atoms with E-state index in [1.54, 1.807) is 12.1 Å². The lowest BCUT2D eigenvalue weighted by Gasteiger charge is -2.37. The summed E-state index contributed by atoms with van der Waals surface area (Å²) in [6.07, 6.45) is 1.24. The predicted molar refractivity (Wildman–Crippen MR) is 73.0 cm³/mol. The number of benzene rings is 1. The van der Waals surface area contributed by atoms with Crippen LogP contribution in [0.4, 0.5) is 11.4 Å². The fourth-order valence-electron chi connectivity index (χ4n) is 2.84. The third kappa shape index (κ3) is 2.58. The number of nitrogens with two attached hydrogens (primary N) is 1. The maximum absolute atomic E-state index is 10.9. The molecule has 18 heavy (non-hydrogen) atoms. The lowest BCUT2D eigenvalue weighted by molar-refractivity contribution is 0.0697. The van der Waals surface area contributed by atoms with Crippen molar-refractivity contribution >= 4 is 17.3 Å². The maximum atomic E-state index is 10.9. The molecule has 1 aliphatic heterocycles. The van der Waals surface area contributed by atoms with Gasteiger partial charge in [-0.1, -0.05) is 13.8 Å². The Morgan fingerprint density at radius 3 is 2.44 bits per heavy atom. The van der Waals surface area contributed by atoms with E-state index in [2.05, 4.69) is 18.7 Å². The lowest BCUT2D eigenvalue weighted by Crippen LogP contribution is -2.39. The molecule has 98 valence electrons. The van der Waals surface area contributed by atoms with Crippen molar-refractivity contribution in [2.75, 3.05) is 23.7 Å². The second-order valence-electron chi connectivity index (χ2n) is 5.43. The highest BCUT2D eigenvalue weighted by Crippen LogP contribution is 2.30. The zero-order chi connectivity index (χ0) is 13.3. The Bertz CT molecular complexity index is 449. The van der Waals surface area contributed by atoms with Gasteiger partial charge in [-0.3, -0.25) is 0 Å². The summed E-state index contributed by atoms with van der Waals surface area (Å²) in [7, 11) is 0. The number of carboxylic acids is 1. The summed E-state index contributed by atoms with van der Waals surface area (Å²) in [5.74, 6) is 0.355. The number of carboxylic acid groups (broad SMARTS) is 1. The topological polar surface area (TPSA) is 66.6 Å². The van der Waals surface area contributed by atoms with E-state index < -0.39 is 5.97 Å². The van der Waals surface area contributed by atoms with Gasteiger partial charge >= 0.3 is 5.97 Å². The third-order valence-electron chi connectivity index (χ3n) is 3.48. The van der Waals surface area contributed by atoms with Gasteiger partial charge in [-0.05, 0) is 36.5 Å². The van der Waals surface area contributed by atoms with Crippen LogP contribution in [0.5, 0.6) is 0 Å². The Morgan fingerprint density at radius 2 is 1.94 bits per heavy atom. The van der Waals surface area contributed by atoms with Gasteiger partial charge < -0.3 is 15.7 Å². The summed E-state index contributed by atoms with van der Waals surface area (Å²) >= 11 is 0. The van der Waals surface area contributed by atoms with E-state index in [1.165, 1.54) is 6.42 Å². The van der Waals surface area contributed by atoms with Crippen LogP contribution in [0.2, 0.25) is 0 Å². The quantitative estimate of drug-likeness (QED) is 0.789. The first-order valence-corrected chi connectivity index (χ1v) is 6.35. The lowest BCUT2D eigenvalue weighted by atomic mass is 9.91. The van der Waals surface area contributed by atoms with Crippen LogP contribution in [0.15, 0.2) is 18.2 Å². The minimum atomic E-state index is -0.936. The normalized spacial score (nSPS) is 24.0. The smallest absolute Gasteiger partial charge is 0.335 e. The molecular weight excluding hydrogens is 228 g/mol. The number of hydrogen-bond acceptors (Lipinski definition) is 3. The molecule has 1 heterocycles. The first-order valence-electron chi connectivity index (χ1n) is 6.35. The predicted octanol–water partition coefficient (Wildman–Crippen LogP) is 2.45. The monoisotopic (exact) mass is 248 g/mol. The Hall–Kier alpha value is -1.71. The van der Waals surface area contributed by atoms with E-state index in [0.717, 1.165) is 18.8 Å². The first-order chi connectivity index (χ1) is 8.47. The summed E-state index contributed by atoms with van der Waals surface area (Å²) in [4.78, 5) is 13.1. The van der Waals surface area contributed by atoms with Crippen LogP contribution < -0.4 is 10.6 Å². The fraction of sp³-hybridized carbons (Fsp3) is 0.500. The van der Waals surface area contributed by atoms with Crippen molar-refractivity contribution in [3.63, 3.8) is 0 Å². The summed E-state index contributed by atoms with van der Waals surface area (Å²) in [5, 5.41) is 8.93. The number of rotatable bonds is 2. The minimum absolute atomic E-state index is 0.245. The molecule has 1 fully saturated rings. The molecule has 2 atom stereocenters. The largest absolute Gasteiger partial charge is 0.478 e. The molecule has 2 unspecified atom stereocenters. The van der Waals surface area contributed by atoms with Gasteiger partial charge in [0.2, 0.25) is 0 Å². The molecule has 0 saturated carbocycles. The van der Waals surface area contributed by atoms with Gasteiger partial charge in [0, 0.05) is 13.1 Å². The van der Waals surface area contributed by atoms with Crippen molar-refractivity contribution in [3.8, 4) is 0 Å². The van der Waals surface area contributed by atoms with Crippen LogP contribution in [-0.2, 0) is 0 Å². The Labute approximate surface area is 107 Å². The van der Waals surface area contributed by atoms with Crippen LogP contribution in [0.3, 0.4) is 0 Å². The van der Waals surface area contributed by atoms with Crippen LogP contribution in [0.1, 0.15) is 30.6 Å². The van der Waals surface area contributed by atoms with E-state index in [1.807, 2.05) is 6.07 Å². The zero-order valence-corrected chi connectivity index (χ0v) is 10.9. The molecule has 2 rings (SSSR count). The van der Waals surface area contributed by atoms with Crippen molar-refractivity contribution in [1.82, 2.24) is 0 Å². The molecule has 0 bridgehead atoms. The Balaban J connectivity index is 2.25. The second-order valence-corrected chi connectivity index (χ2v) is 5.43. The van der Waals surface area contributed by atoms with E-state index in [9.17, 15) is 4.79 Å². The van der Waals surface area contributed by atoms with Gasteiger partial charge in [-0.15, -0.1) is 0 Å². The van der Waals surface area contributed by atoms with Crippen LogP contribution >= 0.6 is 0 Å². The molecule has 1 aliphatic rings. The molecule has 4 heteroatoms. The molecule has 4 nitrogen and oxygen atoms in total. The zero-order valence-electron chi connectivity index (χ0n) is 10.9. The van der Waals surface area contributed by atoms with Gasteiger partial charge in [0.1, 0.15) is 0 Å². The van der Waals surface area contributed by atoms with E-state index in [4.69, 9.17) is 10.8 Å². The molecule has 0 spiro atoms. The number of carbonyl (C=O) groups is 1. The summed E-state index contributed by atoms with van der Waals surface area (Å²) in [6, 6.07) is 4.99. The maximum Gasteiger partial charge on any atom is 0.335 e. The molecule has 1 aromatic rings. The molecule has 0 radical (unpaired) electrons. The van der Waals surface area contributed by atoms with E-state index in [0.29, 0.717) is 17.5 Å². The highest BCUT2D eigenvalue weighted by Gasteiger charge is 2.23. The van der Waals surface area contributed by atoms with Gasteiger partial charge in [0.05, 0.1) is 16.9 Å². The number of aromatic carboxylic acids is 1. The first kappa shape index (κ1) is 12.7. The van der Waals surface area contributed by atoms with Gasteiger partial charge in [-0.2, -0.15) is 0 Å². The van der Waals surface area contributed by atoms with E-state index in [-0.39, 0.29) is 5.56 Å². The number of nitrogen functional groups attached to an aromatic ring is 1. The molecule has 1 saturated heterocycles. The second kappa shape index (κ2) is 4.88. The molecule has 0 aliphatic carbocycles. The third-order valence-corrected chi connectivity index (χ3v) is 3.48. The summed E-state index contributed by atoms with van der Waals surface area (Å²) < 4.78 is 0. The summed E-state index contributed by atoms with van der Waals surface area (Å²) in [5.41, 5.74) is 7.73. The van der Waals surface area contributed by atoms with Gasteiger partial charge in [0.15, 0.2) is 0 Å². The highest BCUT2D eigenvalue weighted by molar-refractivity contribution is 5.90. The molecule has 0 amide bonds. The molecular formula is C14H20N2O2. The van der Waals surface area contributed by atoms with Crippen LogP contribution in [0.25, 0.3) is 0 Å². The Morgan fingerprint density at radius 1 is 1.33 bits per heavy atom. The minimum Gasteiger partial charge on any atom is -0.478 e.